The van der Waals surface area contributed by atoms with E-state index >= 15 is 0 Å². The third-order valence-electron chi connectivity index (χ3n) is 5.17. The molecule has 158 valence electrons. The van der Waals surface area contributed by atoms with Crippen LogP contribution in [0.25, 0.3) is 0 Å². The van der Waals surface area contributed by atoms with Gasteiger partial charge in [-0.1, -0.05) is 31.5 Å². The molecule has 1 N–H and O–H groups in total. The summed E-state index contributed by atoms with van der Waals surface area (Å²) in [6.07, 6.45) is 4.15. The number of nitrogens with one attached hydrogen (secondary N) is 1. The second kappa shape index (κ2) is 9.36. The number of piperidine rings is 1. The second-order valence-electron chi connectivity index (χ2n) is 8.11. The minimum atomic E-state index is -3.77. The number of amides is 1. The van der Waals surface area contributed by atoms with Crippen molar-refractivity contribution in [3.05, 3.63) is 46.4 Å². The molecule has 8 heteroatoms. The molecule has 2 atom stereocenters. The maximum Gasteiger partial charge on any atom is 0.241 e. The van der Waals surface area contributed by atoms with E-state index in [1.807, 2.05) is 26.2 Å². The number of likely N-dealkylation sites (tertiary alicyclic amines) is 1. The first-order valence-corrected chi connectivity index (χ1v) is 12.4. The Hall–Kier alpha value is -1.77. The first kappa shape index (κ1) is 21.9. The predicted octanol–water partition coefficient (Wildman–Crippen LogP) is 3.55. The van der Waals surface area contributed by atoms with Gasteiger partial charge in [0.15, 0.2) is 0 Å². The standard InChI is InChI=1S/C21H29N3O3S2/c1-15(2)13-19(23-29(26,27)18-8-6-16(3)7-9-18)21(25)24-11-4-5-17(14-24)20-22-10-12-28-20/h6-10,12,15,17,19,23H,4-5,11,13-14H2,1-3H3. The fraction of sp³-hybridized carbons (Fsp3) is 0.524. The minimum Gasteiger partial charge on any atom is -0.341 e. The van der Waals surface area contributed by atoms with Crippen LogP contribution in [0.5, 0.6) is 0 Å². The lowest BCUT2D eigenvalue weighted by atomic mass is 9.97. The van der Waals surface area contributed by atoms with Gasteiger partial charge in [-0.15, -0.1) is 11.3 Å². The minimum absolute atomic E-state index is 0.143. The molecule has 3 rings (SSSR count). The van der Waals surface area contributed by atoms with Crippen LogP contribution in [-0.4, -0.2) is 43.3 Å². The summed E-state index contributed by atoms with van der Waals surface area (Å²) in [4.78, 5) is 19.7. The summed E-state index contributed by atoms with van der Waals surface area (Å²) < 4.78 is 28.4. The lowest BCUT2D eigenvalue weighted by Gasteiger charge is -2.34. The summed E-state index contributed by atoms with van der Waals surface area (Å²) in [6, 6.07) is 5.91. The van der Waals surface area contributed by atoms with Crippen molar-refractivity contribution in [3.63, 3.8) is 0 Å². The van der Waals surface area contributed by atoms with Crippen molar-refractivity contribution < 1.29 is 13.2 Å². The molecule has 0 radical (unpaired) electrons. The summed E-state index contributed by atoms with van der Waals surface area (Å²) in [7, 11) is -3.77. The van der Waals surface area contributed by atoms with Crippen LogP contribution in [0.2, 0.25) is 0 Å². The molecule has 1 aliphatic rings. The lowest BCUT2D eigenvalue weighted by Crippen LogP contribution is -2.51. The molecule has 1 aromatic heterocycles. The van der Waals surface area contributed by atoms with E-state index in [-0.39, 0.29) is 22.6 Å². The number of sulfonamides is 1. The Morgan fingerprint density at radius 1 is 1.31 bits per heavy atom. The smallest absolute Gasteiger partial charge is 0.241 e. The van der Waals surface area contributed by atoms with Gasteiger partial charge in [-0.05, 0) is 44.2 Å². The van der Waals surface area contributed by atoms with E-state index in [0.717, 1.165) is 23.4 Å². The van der Waals surface area contributed by atoms with Crippen molar-refractivity contribution in [3.8, 4) is 0 Å². The van der Waals surface area contributed by atoms with E-state index in [1.54, 1.807) is 46.7 Å². The molecule has 0 saturated carbocycles. The number of nitrogens with zero attached hydrogens (tertiary/aromatic N) is 2. The van der Waals surface area contributed by atoms with Crippen molar-refractivity contribution in [1.82, 2.24) is 14.6 Å². The average molecular weight is 436 g/mol. The molecule has 2 aromatic rings. The van der Waals surface area contributed by atoms with Crippen molar-refractivity contribution in [2.24, 2.45) is 5.92 Å². The first-order chi connectivity index (χ1) is 13.8. The zero-order chi connectivity index (χ0) is 21.0. The molecule has 1 aromatic carbocycles. The van der Waals surface area contributed by atoms with Gasteiger partial charge in [0.25, 0.3) is 0 Å². The van der Waals surface area contributed by atoms with Gasteiger partial charge in [-0.25, -0.2) is 13.4 Å². The van der Waals surface area contributed by atoms with Gasteiger partial charge in [-0.3, -0.25) is 4.79 Å². The third-order valence-corrected chi connectivity index (χ3v) is 7.59. The molecule has 6 nitrogen and oxygen atoms in total. The molecule has 2 heterocycles. The normalized spacial score (nSPS) is 18.8. The molecule has 29 heavy (non-hydrogen) atoms. The highest BCUT2D eigenvalue weighted by atomic mass is 32.2. The van der Waals surface area contributed by atoms with Crippen LogP contribution in [-0.2, 0) is 14.8 Å². The number of hydrogen-bond acceptors (Lipinski definition) is 5. The summed E-state index contributed by atoms with van der Waals surface area (Å²) in [5.74, 6) is 0.265. The number of hydrogen-bond donors (Lipinski definition) is 1. The molecule has 1 amide bonds. The Balaban J connectivity index is 1.76. The van der Waals surface area contributed by atoms with Gasteiger partial charge in [0.05, 0.1) is 9.90 Å². The molecule has 1 fully saturated rings. The van der Waals surface area contributed by atoms with Gasteiger partial charge < -0.3 is 4.90 Å². The van der Waals surface area contributed by atoms with E-state index in [2.05, 4.69) is 9.71 Å². The second-order valence-corrected chi connectivity index (χ2v) is 10.8. The van der Waals surface area contributed by atoms with Crippen molar-refractivity contribution in [2.45, 2.75) is 56.9 Å². The summed E-state index contributed by atoms with van der Waals surface area (Å²) in [6.45, 7) is 7.14. The Morgan fingerprint density at radius 3 is 2.66 bits per heavy atom. The average Bonchev–Trinajstić information content (AvgIpc) is 3.22. The molecule has 1 saturated heterocycles. The molecule has 0 spiro atoms. The number of carbonyl (C=O) groups is 1. The van der Waals surface area contributed by atoms with Gasteiger partial charge >= 0.3 is 0 Å². The highest BCUT2D eigenvalue weighted by Gasteiger charge is 2.33. The van der Waals surface area contributed by atoms with Crippen LogP contribution in [0.3, 0.4) is 0 Å². The first-order valence-electron chi connectivity index (χ1n) is 10.0. The van der Waals surface area contributed by atoms with Gasteiger partial charge in [-0.2, -0.15) is 4.72 Å². The fourth-order valence-corrected chi connectivity index (χ4v) is 5.65. The van der Waals surface area contributed by atoms with Crippen LogP contribution >= 0.6 is 11.3 Å². The quantitative estimate of drug-likeness (QED) is 0.721. The number of carbonyl (C=O) groups excluding carboxylic acids is 1. The number of aryl methyl sites for hydroxylation is 1. The number of rotatable bonds is 7. The Labute approximate surface area is 177 Å². The van der Waals surface area contributed by atoms with Gasteiger partial charge in [0.2, 0.25) is 15.9 Å². The molecule has 2 unspecified atom stereocenters. The van der Waals surface area contributed by atoms with E-state index in [1.165, 1.54) is 0 Å². The zero-order valence-electron chi connectivity index (χ0n) is 17.2. The summed E-state index contributed by atoms with van der Waals surface area (Å²) in [5, 5.41) is 3.00. The van der Waals surface area contributed by atoms with Crippen molar-refractivity contribution in [2.75, 3.05) is 13.1 Å². The fourth-order valence-electron chi connectivity index (χ4n) is 3.68. The lowest BCUT2D eigenvalue weighted by molar-refractivity contribution is -0.134. The highest BCUT2D eigenvalue weighted by molar-refractivity contribution is 7.89. The molecular formula is C21H29N3O3S2. The van der Waals surface area contributed by atoms with Crippen LogP contribution in [0.1, 0.15) is 49.6 Å². The summed E-state index contributed by atoms with van der Waals surface area (Å²) in [5.41, 5.74) is 0.986. The number of benzene rings is 1. The largest absolute Gasteiger partial charge is 0.341 e. The third kappa shape index (κ3) is 5.65. The Morgan fingerprint density at radius 2 is 2.03 bits per heavy atom. The van der Waals surface area contributed by atoms with E-state index in [9.17, 15) is 13.2 Å². The topological polar surface area (TPSA) is 79.4 Å². The SMILES string of the molecule is Cc1ccc(S(=O)(=O)NC(CC(C)C)C(=O)N2CCCC(c3nccs3)C2)cc1. The molecule has 0 bridgehead atoms. The number of aromatic nitrogens is 1. The van der Waals surface area contributed by atoms with E-state index in [4.69, 9.17) is 0 Å². The van der Waals surface area contributed by atoms with Crippen LogP contribution in [0.15, 0.2) is 40.7 Å². The van der Waals surface area contributed by atoms with E-state index in [0.29, 0.717) is 19.5 Å². The Kier molecular flexibility index (Phi) is 7.08. The van der Waals surface area contributed by atoms with Crippen molar-refractivity contribution in [1.29, 1.82) is 0 Å². The predicted molar refractivity (Wildman–Crippen MR) is 115 cm³/mol. The molecule has 0 aliphatic carbocycles. The van der Waals surface area contributed by atoms with E-state index < -0.39 is 16.1 Å². The van der Waals surface area contributed by atoms with Crippen molar-refractivity contribution >= 4 is 27.3 Å². The van der Waals surface area contributed by atoms with Gasteiger partial charge in [0.1, 0.15) is 6.04 Å². The monoisotopic (exact) mass is 435 g/mol. The van der Waals surface area contributed by atoms with Crippen LogP contribution in [0, 0.1) is 12.8 Å². The van der Waals surface area contributed by atoms with Crippen LogP contribution in [0.4, 0.5) is 0 Å². The molecular weight excluding hydrogens is 406 g/mol. The highest BCUT2D eigenvalue weighted by Crippen LogP contribution is 2.29. The number of thiazole rings is 1. The maximum absolute atomic E-state index is 13.3. The Bertz CT molecular complexity index is 909. The van der Waals surface area contributed by atoms with Crippen LogP contribution < -0.4 is 4.72 Å². The summed E-state index contributed by atoms with van der Waals surface area (Å²) >= 11 is 1.61. The maximum atomic E-state index is 13.3. The van der Waals surface area contributed by atoms with Gasteiger partial charge in [0, 0.05) is 30.6 Å². The molecule has 1 aliphatic heterocycles. The zero-order valence-corrected chi connectivity index (χ0v) is 18.8.